The summed E-state index contributed by atoms with van der Waals surface area (Å²) in [5.41, 5.74) is 0.994. The van der Waals surface area contributed by atoms with Gasteiger partial charge in [0.1, 0.15) is 5.82 Å². The van der Waals surface area contributed by atoms with Gasteiger partial charge in [-0.2, -0.15) is 0 Å². The minimum absolute atomic E-state index is 0.313. The number of pyridine rings is 1. The summed E-state index contributed by atoms with van der Waals surface area (Å²) < 4.78 is 1.91. The van der Waals surface area contributed by atoms with Crippen LogP contribution in [-0.2, 0) is 6.42 Å². The number of carbonyl (C=O) groups is 1. The molecular weight excluding hydrogens is 254 g/mol. The van der Waals surface area contributed by atoms with Crippen LogP contribution in [0, 0.1) is 5.92 Å². The third kappa shape index (κ3) is 2.29. The van der Waals surface area contributed by atoms with Crippen molar-refractivity contribution in [2.45, 2.75) is 19.8 Å². The number of hydrogen-bond donors (Lipinski definition) is 1. The Hall–Kier alpha value is -1.88. The number of hydrogen-bond acceptors (Lipinski definition) is 3. The first kappa shape index (κ1) is 13.1. The lowest BCUT2D eigenvalue weighted by Gasteiger charge is -2.12. The third-order valence-corrected chi connectivity index (χ3v) is 4.17. The van der Waals surface area contributed by atoms with Gasteiger partial charge in [-0.1, -0.05) is 6.92 Å². The van der Waals surface area contributed by atoms with Gasteiger partial charge in [0.15, 0.2) is 0 Å². The van der Waals surface area contributed by atoms with Crippen LogP contribution in [0.3, 0.4) is 0 Å². The first-order valence-corrected chi connectivity index (χ1v) is 7.09. The second-order valence-electron chi connectivity index (χ2n) is 5.41. The van der Waals surface area contributed by atoms with Crippen molar-refractivity contribution < 1.29 is 9.90 Å². The summed E-state index contributed by atoms with van der Waals surface area (Å²) >= 11 is 0. The van der Waals surface area contributed by atoms with E-state index in [0.717, 1.165) is 31.9 Å². The van der Waals surface area contributed by atoms with Crippen LogP contribution < -0.4 is 0 Å². The zero-order valence-electron chi connectivity index (χ0n) is 11.6. The number of fused-ring (bicyclic) bond motifs is 1. The van der Waals surface area contributed by atoms with E-state index in [-0.39, 0.29) is 0 Å². The molecule has 1 unspecified atom stereocenters. The average molecular weight is 273 g/mol. The number of carboxylic acid groups (broad SMARTS) is 1. The molecule has 0 aliphatic carbocycles. The summed E-state index contributed by atoms with van der Waals surface area (Å²) in [5.74, 6) is 0.681. The molecule has 2 aromatic heterocycles. The number of aromatic carboxylic acids is 1. The van der Waals surface area contributed by atoms with Crippen molar-refractivity contribution >= 4 is 11.5 Å². The van der Waals surface area contributed by atoms with E-state index in [9.17, 15) is 9.90 Å². The lowest BCUT2D eigenvalue weighted by Crippen LogP contribution is -2.20. The molecule has 5 heteroatoms. The van der Waals surface area contributed by atoms with Crippen LogP contribution in [0.15, 0.2) is 24.5 Å². The highest BCUT2D eigenvalue weighted by Gasteiger charge is 2.23. The van der Waals surface area contributed by atoms with Gasteiger partial charge in [0.2, 0.25) is 0 Å². The van der Waals surface area contributed by atoms with Crippen LogP contribution in [0.4, 0.5) is 0 Å². The van der Waals surface area contributed by atoms with Crippen molar-refractivity contribution in [1.82, 2.24) is 14.3 Å². The topological polar surface area (TPSA) is 57.8 Å². The molecule has 106 valence electrons. The molecule has 0 amide bonds. The highest BCUT2D eigenvalue weighted by atomic mass is 16.4. The van der Waals surface area contributed by atoms with Gasteiger partial charge in [-0.3, -0.25) is 0 Å². The van der Waals surface area contributed by atoms with Crippen molar-refractivity contribution in [1.29, 1.82) is 0 Å². The molecule has 0 spiro atoms. The normalized spacial score (nSPS) is 19.8. The first-order valence-electron chi connectivity index (χ1n) is 7.09. The lowest BCUT2D eigenvalue weighted by atomic mass is 10.0. The molecule has 5 nitrogen and oxygen atoms in total. The van der Waals surface area contributed by atoms with E-state index in [1.807, 2.05) is 10.6 Å². The summed E-state index contributed by atoms with van der Waals surface area (Å²) in [6, 6.07) is 3.39. The molecule has 2 aromatic rings. The Bertz CT molecular complexity index is 635. The molecule has 1 aliphatic rings. The highest BCUT2D eigenvalue weighted by Crippen LogP contribution is 2.21. The van der Waals surface area contributed by atoms with E-state index in [0.29, 0.717) is 17.0 Å². The van der Waals surface area contributed by atoms with Gasteiger partial charge in [-0.15, -0.1) is 0 Å². The number of carboxylic acids is 1. The van der Waals surface area contributed by atoms with Crippen molar-refractivity contribution in [3.8, 4) is 0 Å². The second-order valence-corrected chi connectivity index (χ2v) is 5.41. The van der Waals surface area contributed by atoms with Gasteiger partial charge in [0.05, 0.1) is 17.3 Å². The Morgan fingerprint density at radius 3 is 3.10 bits per heavy atom. The van der Waals surface area contributed by atoms with Gasteiger partial charge in [0.25, 0.3) is 0 Å². The summed E-state index contributed by atoms with van der Waals surface area (Å²) in [6.45, 7) is 5.56. The Kier molecular flexibility index (Phi) is 3.44. The quantitative estimate of drug-likeness (QED) is 0.924. The number of imidazole rings is 1. The minimum Gasteiger partial charge on any atom is -0.478 e. The molecule has 0 aromatic carbocycles. The number of likely N-dealkylation sites (tertiary alicyclic amines) is 1. The van der Waals surface area contributed by atoms with Crippen LogP contribution in [0.2, 0.25) is 0 Å². The van der Waals surface area contributed by atoms with Crippen molar-refractivity contribution in [3.05, 3.63) is 35.9 Å². The Balaban J connectivity index is 1.86. The van der Waals surface area contributed by atoms with E-state index in [2.05, 4.69) is 16.8 Å². The number of nitrogens with zero attached hydrogens (tertiary/aromatic N) is 3. The largest absolute Gasteiger partial charge is 0.478 e. The van der Waals surface area contributed by atoms with Crippen LogP contribution in [0.1, 0.15) is 29.5 Å². The summed E-state index contributed by atoms with van der Waals surface area (Å²) in [6.07, 6.45) is 5.68. The van der Waals surface area contributed by atoms with E-state index in [1.54, 1.807) is 18.3 Å². The van der Waals surface area contributed by atoms with Gasteiger partial charge in [-0.25, -0.2) is 9.78 Å². The second kappa shape index (κ2) is 5.25. The van der Waals surface area contributed by atoms with Crippen molar-refractivity contribution in [3.63, 3.8) is 0 Å². The molecule has 20 heavy (non-hydrogen) atoms. The standard InChI is InChI=1S/C15H19N3O2/c1-2-17-7-5-11(10-17)8-14-16-9-13-12(15(19)20)4-3-6-18(13)14/h3-4,6,9,11H,2,5,7-8,10H2,1H3,(H,19,20). The van der Waals surface area contributed by atoms with Gasteiger partial charge >= 0.3 is 5.97 Å². The van der Waals surface area contributed by atoms with Gasteiger partial charge < -0.3 is 14.4 Å². The maximum absolute atomic E-state index is 11.2. The molecule has 3 heterocycles. The molecule has 1 atom stereocenters. The lowest BCUT2D eigenvalue weighted by molar-refractivity contribution is 0.0698. The van der Waals surface area contributed by atoms with Crippen LogP contribution >= 0.6 is 0 Å². The highest BCUT2D eigenvalue weighted by molar-refractivity contribution is 5.95. The zero-order chi connectivity index (χ0) is 14.1. The molecule has 0 radical (unpaired) electrons. The minimum atomic E-state index is -0.903. The van der Waals surface area contributed by atoms with E-state index < -0.39 is 5.97 Å². The van der Waals surface area contributed by atoms with Gasteiger partial charge in [0, 0.05) is 19.2 Å². The Labute approximate surface area is 117 Å². The molecule has 0 saturated carbocycles. The first-order chi connectivity index (χ1) is 9.69. The molecule has 0 bridgehead atoms. The smallest absolute Gasteiger partial charge is 0.337 e. The van der Waals surface area contributed by atoms with E-state index in [1.165, 1.54) is 6.42 Å². The number of aromatic nitrogens is 2. The molecule has 1 aliphatic heterocycles. The molecule has 3 rings (SSSR count). The van der Waals surface area contributed by atoms with Crippen molar-refractivity contribution in [2.75, 3.05) is 19.6 Å². The summed E-state index contributed by atoms with van der Waals surface area (Å²) in [7, 11) is 0. The average Bonchev–Trinajstić information content (AvgIpc) is 3.06. The fraction of sp³-hybridized carbons (Fsp3) is 0.467. The summed E-state index contributed by atoms with van der Waals surface area (Å²) in [5, 5.41) is 9.20. The fourth-order valence-corrected chi connectivity index (χ4v) is 3.03. The maximum Gasteiger partial charge on any atom is 0.337 e. The Morgan fingerprint density at radius 2 is 2.40 bits per heavy atom. The summed E-state index contributed by atoms with van der Waals surface area (Å²) in [4.78, 5) is 18.1. The number of rotatable bonds is 4. The van der Waals surface area contributed by atoms with Crippen molar-refractivity contribution in [2.24, 2.45) is 5.92 Å². The zero-order valence-corrected chi connectivity index (χ0v) is 11.6. The fourth-order valence-electron chi connectivity index (χ4n) is 3.03. The molecular formula is C15H19N3O2. The monoisotopic (exact) mass is 273 g/mol. The van der Waals surface area contributed by atoms with E-state index in [4.69, 9.17) is 0 Å². The van der Waals surface area contributed by atoms with Gasteiger partial charge in [-0.05, 0) is 37.6 Å². The predicted octanol–water partition coefficient (Wildman–Crippen LogP) is 1.92. The molecule has 1 saturated heterocycles. The molecule has 1 fully saturated rings. The Morgan fingerprint density at radius 1 is 1.55 bits per heavy atom. The van der Waals surface area contributed by atoms with Crippen LogP contribution in [0.5, 0.6) is 0 Å². The molecule has 1 N–H and O–H groups in total. The maximum atomic E-state index is 11.2. The SMILES string of the molecule is CCN1CCC(Cc2ncc3c(C(=O)O)cccn23)C1. The van der Waals surface area contributed by atoms with Crippen LogP contribution in [-0.4, -0.2) is 45.0 Å². The third-order valence-electron chi connectivity index (χ3n) is 4.17. The van der Waals surface area contributed by atoms with E-state index >= 15 is 0 Å². The van der Waals surface area contributed by atoms with Crippen LogP contribution in [0.25, 0.3) is 5.52 Å². The predicted molar refractivity (Wildman–Crippen MR) is 76.1 cm³/mol.